The summed E-state index contributed by atoms with van der Waals surface area (Å²) in [6.07, 6.45) is 1.71. The van der Waals surface area contributed by atoms with Crippen LogP contribution in [0.3, 0.4) is 0 Å². The number of nitrogens with zero attached hydrogens (tertiary/aromatic N) is 1. The number of esters is 1. The van der Waals surface area contributed by atoms with Gasteiger partial charge in [-0.05, 0) is 29.8 Å². The van der Waals surface area contributed by atoms with Crippen LogP contribution in [0.1, 0.15) is 27.9 Å². The molecule has 2 aromatic carbocycles. The zero-order valence-electron chi connectivity index (χ0n) is 15.2. The Bertz CT molecular complexity index is 894. The van der Waals surface area contributed by atoms with Crippen LogP contribution in [0.2, 0.25) is 0 Å². The van der Waals surface area contributed by atoms with Crippen LogP contribution < -0.4 is 4.74 Å². The van der Waals surface area contributed by atoms with Gasteiger partial charge in [0.2, 0.25) is 0 Å². The summed E-state index contributed by atoms with van der Waals surface area (Å²) in [5, 5.41) is 0. The Labute approximate surface area is 157 Å². The number of halogens is 1. The van der Waals surface area contributed by atoms with E-state index in [0.717, 1.165) is 11.6 Å². The van der Waals surface area contributed by atoms with Gasteiger partial charge in [0.05, 0.1) is 14.2 Å². The van der Waals surface area contributed by atoms with Crippen molar-refractivity contribution in [3.8, 4) is 5.75 Å². The summed E-state index contributed by atoms with van der Waals surface area (Å²) in [6.45, 7) is 3.88. The third kappa shape index (κ3) is 2.97. The molecule has 0 spiro atoms. The van der Waals surface area contributed by atoms with Crippen LogP contribution in [0.25, 0.3) is 0 Å². The average molecular weight is 369 g/mol. The van der Waals surface area contributed by atoms with Gasteiger partial charge in [0.1, 0.15) is 11.6 Å². The van der Waals surface area contributed by atoms with Gasteiger partial charge in [-0.25, -0.2) is 9.18 Å². The van der Waals surface area contributed by atoms with E-state index in [9.17, 15) is 14.0 Å². The minimum atomic E-state index is -1.38. The Kier molecular flexibility index (Phi) is 4.99. The predicted molar refractivity (Wildman–Crippen MR) is 97.8 cm³/mol. The SMILES string of the molecule is C=CC[C@]1(C(=O)OC)c2ccc(F)cc2C(=O)N1Cc1ccc(OC)cc1. The maximum absolute atomic E-state index is 13.8. The molecule has 0 bridgehead atoms. The minimum Gasteiger partial charge on any atom is -0.497 e. The van der Waals surface area contributed by atoms with Crippen LogP contribution in [-0.4, -0.2) is 31.0 Å². The van der Waals surface area contributed by atoms with Gasteiger partial charge in [0.25, 0.3) is 5.91 Å². The zero-order valence-corrected chi connectivity index (χ0v) is 15.2. The molecule has 27 heavy (non-hydrogen) atoms. The highest BCUT2D eigenvalue weighted by molar-refractivity contribution is 6.06. The molecule has 0 aliphatic carbocycles. The molecule has 0 N–H and O–H groups in total. The summed E-state index contributed by atoms with van der Waals surface area (Å²) >= 11 is 0. The van der Waals surface area contributed by atoms with E-state index in [4.69, 9.17) is 9.47 Å². The van der Waals surface area contributed by atoms with Gasteiger partial charge in [-0.3, -0.25) is 4.79 Å². The van der Waals surface area contributed by atoms with Crippen molar-refractivity contribution < 1.29 is 23.5 Å². The normalized spacial score (nSPS) is 18.2. The molecule has 0 unspecified atom stereocenters. The monoisotopic (exact) mass is 369 g/mol. The lowest BCUT2D eigenvalue weighted by Gasteiger charge is -2.36. The van der Waals surface area contributed by atoms with Gasteiger partial charge >= 0.3 is 5.97 Å². The molecule has 1 aliphatic rings. The first kappa shape index (κ1) is 18.6. The average Bonchev–Trinajstić information content (AvgIpc) is 2.91. The van der Waals surface area contributed by atoms with Crippen molar-refractivity contribution in [2.24, 2.45) is 0 Å². The minimum absolute atomic E-state index is 0.153. The first-order valence-corrected chi connectivity index (χ1v) is 8.42. The highest BCUT2D eigenvalue weighted by atomic mass is 19.1. The second-order valence-corrected chi connectivity index (χ2v) is 6.27. The number of carbonyl (C=O) groups excluding carboxylic acids is 2. The quantitative estimate of drug-likeness (QED) is 0.578. The van der Waals surface area contributed by atoms with Crippen LogP contribution in [0.5, 0.6) is 5.75 Å². The third-order valence-corrected chi connectivity index (χ3v) is 4.83. The van der Waals surface area contributed by atoms with Gasteiger partial charge in [-0.2, -0.15) is 0 Å². The summed E-state index contributed by atoms with van der Waals surface area (Å²) in [6, 6.07) is 11.0. The lowest BCUT2D eigenvalue weighted by atomic mass is 9.86. The molecule has 1 atom stereocenters. The molecule has 0 fully saturated rings. The maximum atomic E-state index is 13.8. The van der Waals surface area contributed by atoms with E-state index in [0.29, 0.717) is 11.3 Å². The van der Waals surface area contributed by atoms with Crippen LogP contribution in [-0.2, 0) is 21.6 Å². The maximum Gasteiger partial charge on any atom is 0.336 e. The smallest absolute Gasteiger partial charge is 0.336 e. The molecule has 140 valence electrons. The van der Waals surface area contributed by atoms with E-state index in [-0.39, 0.29) is 18.5 Å². The number of amides is 1. The fraction of sp³-hybridized carbons (Fsp3) is 0.238. The van der Waals surface area contributed by atoms with Crippen molar-refractivity contribution in [2.45, 2.75) is 18.5 Å². The number of fused-ring (bicyclic) bond motifs is 1. The van der Waals surface area contributed by atoms with Crippen molar-refractivity contribution in [3.05, 3.63) is 77.6 Å². The van der Waals surface area contributed by atoms with Gasteiger partial charge in [-0.1, -0.05) is 24.3 Å². The lowest BCUT2D eigenvalue weighted by Crippen LogP contribution is -2.49. The molecule has 2 aromatic rings. The number of ether oxygens (including phenoxy) is 2. The molecule has 3 rings (SSSR count). The highest BCUT2D eigenvalue weighted by Gasteiger charge is 2.55. The first-order chi connectivity index (χ1) is 13.0. The molecule has 0 saturated heterocycles. The van der Waals surface area contributed by atoms with Crippen molar-refractivity contribution >= 4 is 11.9 Å². The van der Waals surface area contributed by atoms with Crippen LogP contribution in [0, 0.1) is 5.82 Å². The second kappa shape index (κ2) is 7.23. The highest BCUT2D eigenvalue weighted by Crippen LogP contribution is 2.44. The van der Waals surface area contributed by atoms with Crippen molar-refractivity contribution in [1.29, 1.82) is 0 Å². The molecule has 0 aromatic heterocycles. The molecular formula is C21H20FNO4. The fourth-order valence-corrected chi connectivity index (χ4v) is 3.54. The van der Waals surface area contributed by atoms with Gasteiger partial charge in [0.15, 0.2) is 5.54 Å². The number of rotatable bonds is 6. The molecule has 6 heteroatoms. The zero-order chi connectivity index (χ0) is 19.6. The number of hydrogen-bond donors (Lipinski definition) is 0. The van der Waals surface area contributed by atoms with E-state index in [1.54, 1.807) is 25.3 Å². The predicted octanol–water partition coefficient (Wildman–Crippen LogP) is 3.43. The Morgan fingerprint density at radius 3 is 2.52 bits per heavy atom. The van der Waals surface area contributed by atoms with Crippen molar-refractivity contribution in [1.82, 2.24) is 4.90 Å². The summed E-state index contributed by atoms with van der Waals surface area (Å²) in [5.74, 6) is -0.866. The van der Waals surface area contributed by atoms with Crippen molar-refractivity contribution in [2.75, 3.05) is 14.2 Å². The van der Waals surface area contributed by atoms with E-state index in [1.807, 2.05) is 12.1 Å². The Morgan fingerprint density at radius 1 is 1.22 bits per heavy atom. The van der Waals surface area contributed by atoms with Crippen LogP contribution >= 0.6 is 0 Å². The topological polar surface area (TPSA) is 55.8 Å². The van der Waals surface area contributed by atoms with Crippen molar-refractivity contribution in [3.63, 3.8) is 0 Å². The standard InChI is InChI=1S/C21H20FNO4/c1-4-11-21(20(25)27-3)18-10-7-15(22)12-17(18)19(24)23(21)13-14-5-8-16(26-2)9-6-14/h4-10,12H,1,11,13H2,2-3H3/t21-/m1/s1. The number of methoxy groups -OCH3 is 2. The summed E-state index contributed by atoms with van der Waals surface area (Å²) < 4.78 is 24.0. The van der Waals surface area contributed by atoms with E-state index < -0.39 is 23.2 Å². The van der Waals surface area contributed by atoms with E-state index in [2.05, 4.69) is 6.58 Å². The Hall–Kier alpha value is -3.15. The Morgan fingerprint density at radius 2 is 1.93 bits per heavy atom. The largest absolute Gasteiger partial charge is 0.497 e. The molecule has 1 heterocycles. The fourth-order valence-electron chi connectivity index (χ4n) is 3.54. The van der Waals surface area contributed by atoms with E-state index >= 15 is 0 Å². The molecule has 1 aliphatic heterocycles. The number of hydrogen-bond acceptors (Lipinski definition) is 4. The summed E-state index contributed by atoms with van der Waals surface area (Å²) in [5.41, 5.74) is 0.0102. The van der Waals surface area contributed by atoms with E-state index in [1.165, 1.54) is 24.1 Å². The molecule has 1 amide bonds. The van der Waals surface area contributed by atoms with Crippen LogP contribution in [0.4, 0.5) is 4.39 Å². The number of carbonyl (C=O) groups is 2. The lowest BCUT2D eigenvalue weighted by molar-refractivity contribution is -0.154. The summed E-state index contributed by atoms with van der Waals surface area (Å²) in [4.78, 5) is 27.3. The Balaban J connectivity index is 2.12. The van der Waals surface area contributed by atoms with Gasteiger partial charge in [0, 0.05) is 24.1 Å². The van der Waals surface area contributed by atoms with Gasteiger partial charge < -0.3 is 14.4 Å². The third-order valence-electron chi connectivity index (χ3n) is 4.83. The number of benzene rings is 2. The summed E-state index contributed by atoms with van der Waals surface area (Å²) in [7, 11) is 2.83. The molecule has 0 radical (unpaired) electrons. The molecule has 0 saturated carbocycles. The molecule has 5 nitrogen and oxygen atoms in total. The van der Waals surface area contributed by atoms with Gasteiger partial charge in [-0.15, -0.1) is 6.58 Å². The van der Waals surface area contributed by atoms with Crippen LogP contribution in [0.15, 0.2) is 55.1 Å². The second-order valence-electron chi connectivity index (χ2n) is 6.27. The first-order valence-electron chi connectivity index (χ1n) is 8.42. The molecular weight excluding hydrogens is 349 g/mol.